The molecule has 1 fully saturated rings. The summed E-state index contributed by atoms with van der Waals surface area (Å²) in [5.41, 5.74) is 0.514. The van der Waals surface area contributed by atoms with Crippen LogP contribution >= 0.6 is 23.4 Å². The van der Waals surface area contributed by atoms with Crippen molar-refractivity contribution in [2.24, 2.45) is 0 Å². The second-order valence-electron chi connectivity index (χ2n) is 7.15. The van der Waals surface area contributed by atoms with E-state index in [1.54, 1.807) is 11.8 Å². The highest BCUT2D eigenvalue weighted by atomic mass is 35.5. The summed E-state index contributed by atoms with van der Waals surface area (Å²) >= 11 is 7.80. The zero-order chi connectivity index (χ0) is 17.3. The number of fused-ring (bicyclic) bond motifs is 1. The third kappa shape index (κ3) is 4.25. The van der Waals surface area contributed by atoms with Crippen molar-refractivity contribution in [2.45, 2.75) is 69.0 Å². The van der Waals surface area contributed by atoms with Crippen LogP contribution in [0.2, 0.25) is 5.28 Å². The van der Waals surface area contributed by atoms with E-state index >= 15 is 0 Å². The molecule has 2 N–H and O–H groups in total. The fraction of sp³-hybridized carbons (Fsp3) is 0.688. The highest BCUT2D eigenvalue weighted by molar-refractivity contribution is 7.99. The van der Waals surface area contributed by atoms with Crippen LogP contribution in [0.25, 0.3) is 0 Å². The molecule has 1 aromatic heterocycles. The highest BCUT2D eigenvalue weighted by Crippen LogP contribution is 2.37. The molecule has 0 aromatic carbocycles. The standard InChI is InChI=1S/C16H23ClN4O2S/c1-16(2,3)23-15(22)20-10-6-4-5-9(10)18-13-12-11(7-8-24-12)19-14(17)21-13/h9-10H,4-8H2,1-3H3,(H,20,22)(H,18,19,21). The lowest BCUT2D eigenvalue weighted by Gasteiger charge is -2.26. The second kappa shape index (κ2) is 6.96. The summed E-state index contributed by atoms with van der Waals surface area (Å²) < 4.78 is 5.36. The SMILES string of the molecule is CC(C)(C)OC(=O)NC1CCCC1Nc1nc(Cl)nc2c1SCC2. The lowest BCUT2D eigenvalue weighted by Crippen LogP contribution is -2.45. The number of carbonyl (C=O) groups excluding carboxylic acids is 1. The fourth-order valence-electron chi connectivity index (χ4n) is 3.08. The van der Waals surface area contributed by atoms with Gasteiger partial charge < -0.3 is 15.4 Å². The first kappa shape index (κ1) is 17.6. The van der Waals surface area contributed by atoms with Crippen molar-refractivity contribution in [3.05, 3.63) is 11.0 Å². The van der Waals surface area contributed by atoms with Crippen LogP contribution in [0.1, 0.15) is 45.7 Å². The molecule has 1 aliphatic carbocycles. The molecule has 0 spiro atoms. The molecule has 24 heavy (non-hydrogen) atoms. The molecule has 2 atom stereocenters. The molecule has 1 aromatic rings. The van der Waals surface area contributed by atoms with Crippen molar-refractivity contribution in [2.75, 3.05) is 11.1 Å². The van der Waals surface area contributed by atoms with Crippen molar-refractivity contribution >= 4 is 35.3 Å². The number of alkyl carbamates (subject to hydrolysis) is 1. The van der Waals surface area contributed by atoms with Crippen LogP contribution in [0.15, 0.2) is 4.90 Å². The van der Waals surface area contributed by atoms with Crippen LogP contribution in [0.4, 0.5) is 10.6 Å². The van der Waals surface area contributed by atoms with E-state index in [-0.39, 0.29) is 23.5 Å². The van der Waals surface area contributed by atoms with Gasteiger partial charge in [-0.1, -0.05) is 0 Å². The van der Waals surface area contributed by atoms with Crippen molar-refractivity contribution in [3.8, 4) is 0 Å². The molecule has 0 saturated heterocycles. The summed E-state index contributed by atoms with van der Waals surface area (Å²) in [5, 5.41) is 6.73. The minimum Gasteiger partial charge on any atom is -0.444 e. The highest BCUT2D eigenvalue weighted by Gasteiger charge is 2.32. The number of amides is 1. The number of hydrogen-bond donors (Lipinski definition) is 2. The quantitative estimate of drug-likeness (QED) is 0.791. The molecule has 0 bridgehead atoms. The summed E-state index contributed by atoms with van der Waals surface area (Å²) in [7, 11) is 0. The van der Waals surface area contributed by atoms with Gasteiger partial charge in [-0.05, 0) is 51.6 Å². The van der Waals surface area contributed by atoms with Crippen LogP contribution in [-0.2, 0) is 11.2 Å². The predicted octanol–water partition coefficient (Wildman–Crippen LogP) is 3.64. The zero-order valence-electron chi connectivity index (χ0n) is 14.2. The maximum atomic E-state index is 12.0. The number of rotatable bonds is 3. The lowest BCUT2D eigenvalue weighted by atomic mass is 10.1. The largest absolute Gasteiger partial charge is 0.444 e. The van der Waals surface area contributed by atoms with Crippen LogP contribution < -0.4 is 10.6 Å². The first-order valence-electron chi connectivity index (χ1n) is 8.27. The monoisotopic (exact) mass is 370 g/mol. The van der Waals surface area contributed by atoms with Gasteiger partial charge in [0.25, 0.3) is 0 Å². The number of nitrogens with one attached hydrogen (secondary N) is 2. The molecule has 1 aliphatic heterocycles. The predicted molar refractivity (Wildman–Crippen MR) is 95.9 cm³/mol. The number of aryl methyl sites for hydroxylation is 1. The topological polar surface area (TPSA) is 76.1 Å². The number of carbonyl (C=O) groups is 1. The van der Waals surface area contributed by atoms with E-state index in [2.05, 4.69) is 20.6 Å². The van der Waals surface area contributed by atoms with E-state index in [0.29, 0.717) is 0 Å². The van der Waals surface area contributed by atoms with E-state index in [1.165, 1.54) is 0 Å². The third-order valence-electron chi connectivity index (χ3n) is 4.03. The molecule has 2 unspecified atom stereocenters. The number of hydrogen-bond acceptors (Lipinski definition) is 6. The Bertz CT molecular complexity index is 635. The molecule has 132 valence electrons. The average Bonchev–Trinajstić information content (AvgIpc) is 3.06. The molecule has 1 saturated carbocycles. The Labute approximate surface area is 151 Å². The third-order valence-corrected chi connectivity index (χ3v) is 5.33. The summed E-state index contributed by atoms with van der Waals surface area (Å²) in [6.45, 7) is 5.58. The molecule has 2 aliphatic rings. The van der Waals surface area contributed by atoms with E-state index in [4.69, 9.17) is 16.3 Å². The molecule has 0 radical (unpaired) electrons. The molecule has 6 nitrogen and oxygen atoms in total. The van der Waals surface area contributed by atoms with Crippen LogP contribution in [0.5, 0.6) is 0 Å². The van der Waals surface area contributed by atoms with Crippen molar-refractivity contribution in [3.63, 3.8) is 0 Å². The van der Waals surface area contributed by atoms with Gasteiger partial charge in [0, 0.05) is 18.2 Å². The van der Waals surface area contributed by atoms with Gasteiger partial charge in [-0.3, -0.25) is 0 Å². The maximum Gasteiger partial charge on any atom is 0.407 e. The molecule has 3 rings (SSSR count). The Kier molecular flexibility index (Phi) is 5.11. The van der Waals surface area contributed by atoms with Gasteiger partial charge in [-0.15, -0.1) is 11.8 Å². The molecule has 1 amide bonds. The summed E-state index contributed by atoms with van der Waals surface area (Å²) in [6.07, 6.45) is 3.49. The minimum absolute atomic E-state index is 0.0237. The van der Waals surface area contributed by atoms with Crippen molar-refractivity contribution in [1.29, 1.82) is 0 Å². The first-order chi connectivity index (χ1) is 11.3. The Morgan fingerprint density at radius 1 is 1.29 bits per heavy atom. The maximum absolute atomic E-state index is 12.0. The second-order valence-corrected chi connectivity index (χ2v) is 8.59. The van der Waals surface area contributed by atoms with Gasteiger partial charge in [-0.25, -0.2) is 9.78 Å². The average molecular weight is 371 g/mol. The summed E-state index contributed by atoms with van der Waals surface area (Å²) in [6, 6.07) is 0.143. The first-order valence-corrected chi connectivity index (χ1v) is 9.63. The Hall–Kier alpha value is -1.21. The molecule has 2 heterocycles. The number of ether oxygens (including phenoxy) is 1. The smallest absolute Gasteiger partial charge is 0.407 e. The number of nitrogens with zero attached hydrogens (tertiary/aromatic N) is 2. The van der Waals surface area contributed by atoms with E-state index in [1.807, 2.05) is 20.8 Å². The minimum atomic E-state index is -0.497. The van der Waals surface area contributed by atoms with Gasteiger partial charge in [0.05, 0.1) is 16.6 Å². The number of aromatic nitrogens is 2. The number of anilines is 1. The Balaban J connectivity index is 1.68. The van der Waals surface area contributed by atoms with Crippen LogP contribution in [-0.4, -0.2) is 39.5 Å². The van der Waals surface area contributed by atoms with Gasteiger partial charge in [-0.2, -0.15) is 4.98 Å². The van der Waals surface area contributed by atoms with E-state index < -0.39 is 5.60 Å². The number of halogens is 1. The molecular weight excluding hydrogens is 348 g/mol. The Morgan fingerprint density at radius 3 is 2.79 bits per heavy atom. The van der Waals surface area contributed by atoms with Crippen LogP contribution in [0, 0.1) is 0 Å². The summed E-state index contributed by atoms with van der Waals surface area (Å²) in [4.78, 5) is 21.8. The Morgan fingerprint density at radius 2 is 2.04 bits per heavy atom. The fourth-order valence-corrected chi connectivity index (χ4v) is 4.32. The molecular formula is C16H23ClN4O2S. The van der Waals surface area contributed by atoms with E-state index in [0.717, 1.165) is 47.8 Å². The zero-order valence-corrected chi connectivity index (χ0v) is 15.8. The number of thioether (sulfide) groups is 1. The van der Waals surface area contributed by atoms with E-state index in [9.17, 15) is 4.79 Å². The summed E-state index contributed by atoms with van der Waals surface area (Å²) in [5.74, 6) is 1.79. The van der Waals surface area contributed by atoms with Gasteiger partial charge in [0.1, 0.15) is 11.4 Å². The van der Waals surface area contributed by atoms with Crippen LogP contribution in [0.3, 0.4) is 0 Å². The van der Waals surface area contributed by atoms with Crippen molar-refractivity contribution in [1.82, 2.24) is 15.3 Å². The van der Waals surface area contributed by atoms with Gasteiger partial charge in [0.15, 0.2) is 0 Å². The van der Waals surface area contributed by atoms with Crippen molar-refractivity contribution < 1.29 is 9.53 Å². The molecule has 8 heteroatoms. The lowest BCUT2D eigenvalue weighted by molar-refractivity contribution is 0.0503. The van der Waals surface area contributed by atoms with Gasteiger partial charge in [0.2, 0.25) is 5.28 Å². The normalized spacial score (nSPS) is 23.0. The van der Waals surface area contributed by atoms with Gasteiger partial charge >= 0.3 is 6.09 Å².